The first kappa shape index (κ1) is 48.2. The van der Waals surface area contributed by atoms with Gasteiger partial charge in [0.25, 0.3) is 0 Å². The lowest BCUT2D eigenvalue weighted by Crippen LogP contribution is -2.54. The number of rotatable bonds is 18. The first-order chi connectivity index (χ1) is 30.4. The van der Waals surface area contributed by atoms with Crippen LogP contribution in [0, 0.1) is 5.82 Å². The van der Waals surface area contributed by atoms with Crippen LogP contribution in [0.4, 0.5) is 30.1 Å². The van der Waals surface area contributed by atoms with Crippen molar-refractivity contribution in [2.75, 3.05) is 67.5 Å². The van der Waals surface area contributed by atoms with Gasteiger partial charge in [0, 0.05) is 62.3 Å². The molecule has 0 spiro atoms. The number of aromatic carboxylic acids is 1. The summed E-state index contributed by atoms with van der Waals surface area (Å²) in [6, 6.07) is 15.4. The number of anilines is 2. The fourth-order valence-electron chi connectivity index (χ4n) is 6.98. The minimum atomic E-state index is -1.39. The van der Waals surface area contributed by atoms with Crippen molar-refractivity contribution in [2.45, 2.75) is 51.6 Å². The first-order valence-corrected chi connectivity index (χ1v) is 23.6. The smallest absolute Gasteiger partial charge is 0.410 e. The lowest BCUT2D eigenvalue weighted by Gasteiger charge is -2.35. The zero-order valence-electron chi connectivity index (χ0n) is 36.2. The molecular weight excluding hydrogens is 852 g/mol. The van der Waals surface area contributed by atoms with E-state index < -0.39 is 74.9 Å². The summed E-state index contributed by atoms with van der Waals surface area (Å²) in [4.78, 5) is 92.0. The van der Waals surface area contributed by atoms with Crippen LogP contribution >= 0.6 is 10.0 Å². The number of ether oxygens (including phenoxy) is 2. The molecule has 1 aliphatic rings. The highest BCUT2D eigenvalue weighted by molar-refractivity contribution is 8.32. The van der Waals surface area contributed by atoms with Gasteiger partial charge >= 0.3 is 24.2 Å². The number of aromatic nitrogens is 1. The molecule has 1 aromatic heterocycles. The minimum absolute atomic E-state index is 0.00481. The average molecular weight is 907 g/mol. The molecule has 5 rings (SSSR count). The number of piperazine rings is 1. The number of primary amides is 1. The van der Waals surface area contributed by atoms with Gasteiger partial charge in [0.1, 0.15) is 36.7 Å². The van der Waals surface area contributed by atoms with Crippen molar-refractivity contribution in [2.24, 2.45) is 5.73 Å². The molecule has 18 nitrogen and oxygen atoms in total. The predicted molar refractivity (Wildman–Crippen MR) is 242 cm³/mol. The number of pyridine rings is 1. The van der Waals surface area contributed by atoms with E-state index in [4.69, 9.17) is 15.2 Å². The van der Waals surface area contributed by atoms with Crippen LogP contribution in [0.2, 0.25) is 0 Å². The topological polar surface area (TPSA) is 244 Å². The number of fused-ring (bicyclic) bond motifs is 1. The first-order valence-electron chi connectivity index (χ1n) is 20.6. The zero-order valence-corrected chi connectivity index (χ0v) is 37.0. The van der Waals surface area contributed by atoms with E-state index in [0.717, 1.165) is 11.6 Å². The number of alkyl carbamates (subject to hydrolysis) is 1. The fraction of sp³-hybridized carbons (Fsp3) is 0.386. The second kappa shape index (κ2) is 22.0. The maximum absolute atomic E-state index is 15.4. The summed E-state index contributed by atoms with van der Waals surface area (Å²) in [6.07, 6.45) is 6.28. The standard InChI is InChI=1S/C44H55FN8O10S/c1-5-51-24-32(41(57)58)38(54)31-22-33(45)37(23-36(31)51)52-18-20-53(21-19-52)44(61)63-26-29-13-15-30(16-14-29)48-39(55)34(12-9-17-47-42(46)59)49-40(56)35(27-64(2,3)4)50-43(60)62-25-28-10-7-6-8-11-28/h6-8,10-11,13-16,22-24,34-35H,5,9,12,17-21,25-27H2,1-4H3,(H,48,55)(H,49,56)(H,50,60)(H,57,58)(H3,46,47,59)/t34-,35-/m0/s1. The van der Waals surface area contributed by atoms with E-state index in [1.807, 2.05) is 37.0 Å². The van der Waals surface area contributed by atoms with Gasteiger partial charge in [-0.15, -0.1) is 0 Å². The van der Waals surface area contributed by atoms with Crippen molar-refractivity contribution in [1.29, 1.82) is 0 Å². The number of carbonyl (C=O) groups excluding carboxylic acids is 5. The van der Waals surface area contributed by atoms with Crippen LogP contribution in [0.5, 0.6) is 0 Å². The number of benzene rings is 3. The summed E-state index contributed by atoms with van der Waals surface area (Å²) in [7, 11) is -1.33. The summed E-state index contributed by atoms with van der Waals surface area (Å²) in [5.41, 5.74) is 6.41. The number of carboxylic acid groups (broad SMARTS) is 1. The quantitative estimate of drug-likeness (QED) is 0.0774. The van der Waals surface area contributed by atoms with Gasteiger partial charge in [0.05, 0.1) is 11.2 Å². The molecule has 6 amide bonds. The molecule has 2 atom stereocenters. The van der Waals surface area contributed by atoms with Gasteiger partial charge in [-0.25, -0.2) is 33.6 Å². The summed E-state index contributed by atoms with van der Waals surface area (Å²) >= 11 is 0. The van der Waals surface area contributed by atoms with Gasteiger partial charge < -0.3 is 55.9 Å². The third kappa shape index (κ3) is 13.6. The molecule has 2 heterocycles. The van der Waals surface area contributed by atoms with Gasteiger partial charge in [-0.1, -0.05) is 42.5 Å². The predicted octanol–water partition coefficient (Wildman–Crippen LogP) is 4.18. The summed E-state index contributed by atoms with van der Waals surface area (Å²) < 4.78 is 27.9. The number of carboxylic acids is 1. The molecular formula is C44H55FN8O10S. The highest BCUT2D eigenvalue weighted by Crippen LogP contribution is 2.35. The van der Waals surface area contributed by atoms with E-state index >= 15 is 4.39 Å². The Morgan fingerprint density at radius 1 is 0.859 bits per heavy atom. The molecule has 1 fully saturated rings. The Morgan fingerprint density at radius 2 is 1.52 bits per heavy atom. The van der Waals surface area contributed by atoms with E-state index in [1.165, 1.54) is 17.2 Å². The fourth-order valence-corrected chi connectivity index (χ4v) is 8.22. The Labute approximate surface area is 370 Å². The Balaban J connectivity index is 1.16. The molecule has 0 radical (unpaired) electrons. The van der Waals surface area contributed by atoms with Gasteiger partial charge in [-0.05, 0) is 73.9 Å². The van der Waals surface area contributed by atoms with E-state index in [0.29, 0.717) is 35.5 Å². The van der Waals surface area contributed by atoms with Gasteiger partial charge in [-0.3, -0.25) is 14.4 Å². The number of nitrogens with zero attached hydrogens (tertiary/aromatic N) is 3. The molecule has 0 unspecified atom stereocenters. The molecule has 64 heavy (non-hydrogen) atoms. The van der Waals surface area contributed by atoms with Gasteiger partial charge in [-0.2, -0.15) is 0 Å². The number of carbonyl (C=O) groups is 6. The summed E-state index contributed by atoms with van der Waals surface area (Å²) in [5, 5.41) is 20.1. The van der Waals surface area contributed by atoms with Crippen LogP contribution in [-0.4, -0.2) is 120 Å². The van der Waals surface area contributed by atoms with E-state index in [1.54, 1.807) is 52.8 Å². The molecule has 20 heteroatoms. The number of nitrogens with one attached hydrogen (secondary N) is 4. The lowest BCUT2D eigenvalue weighted by molar-refractivity contribution is -0.127. The van der Waals surface area contributed by atoms with Crippen LogP contribution in [0.25, 0.3) is 10.9 Å². The van der Waals surface area contributed by atoms with Gasteiger partial charge in [0.15, 0.2) is 0 Å². The van der Waals surface area contributed by atoms with Crippen molar-refractivity contribution >= 4 is 68.3 Å². The lowest BCUT2D eigenvalue weighted by atomic mass is 10.1. The average Bonchev–Trinajstić information content (AvgIpc) is 3.26. The monoisotopic (exact) mass is 906 g/mol. The number of halogens is 1. The van der Waals surface area contributed by atoms with Crippen LogP contribution in [0.1, 0.15) is 41.3 Å². The van der Waals surface area contributed by atoms with Crippen LogP contribution < -0.4 is 37.3 Å². The number of aryl methyl sites for hydroxylation is 1. The largest absolute Gasteiger partial charge is 0.477 e. The maximum Gasteiger partial charge on any atom is 0.410 e. The van der Waals surface area contributed by atoms with Crippen molar-refractivity contribution in [1.82, 2.24) is 25.4 Å². The van der Waals surface area contributed by atoms with Crippen LogP contribution in [0.3, 0.4) is 0 Å². The molecule has 0 aliphatic carbocycles. The third-order valence-electron chi connectivity index (χ3n) is 10.3. The molecule has 0 saturated carbocycles. The molecule has 0 bridgehead atoms. The second-order valence-corrected chi connectivity index (χ2v) is 20.5. The van der Waals surface area contributed by atoms with Crippen molar-refractivity contribution in [3.8, 4) is 0 Å². The Bertz CT molecular complexity index is 2390. The van der Waals surface area contributed by atoms with Crippen LogP contribution in [-0.2, 0) is 38.8 Å². The zero-order chi connectivity index (χ0) is 46.6. The second-order valence-electron chi connectivity index (χ2n) is 16.0. The molecule has 1 saturated heterocycles. The minimum Gasteiger partial charge on any atom is -0.477 e. The molecule has 7 N–H and O–H groups in total. The summed E-state index contributed by atoms with van der Waals surface area (Å²) in [5.74, 6) is -2.88. The molecule has 4 aromatic rings. The van der Waals surface area contributed by atoms with Crippen LogP contribution in [0.15, 0.2) is 77.7 Å². The highest BCUT2D eigenvalue weighted by atomic mass is 32.3. The number of hydrogen-bond acceptors (Lipinski definition) is 10. The van der Waals surface area contributed by atoms with Crippen molar-refractivity contribution < 1.29 is 47.7 Å². The SMILES string of the molecule is CCn1cc(C(=O)O)c(=O)c2cc(F)c(N3CCN(C(=O)OCc4ccc(NC(=O)[C@H](CCCNC(N)=O)NC(=O)[C@H](CS(C)(C)C)NC(=O)OCc5ccccc5)cc4)CC3)cc21. The van der Waals surface area contributed by atoms with Gasteiger partial charge in [0.2, 0.25) is 17.2 Å². The molecule has 344 valence electrons. The molecule has 3 aromatic carbocycles. The third-order valence-corrected chi connectivity index (χ3v) is 11.6. The Hall–Kier alpha value is -6.83. The normalized spacial score (nSPS) is 13.9. The Morgan fingerprint density at radius 3 is 2.14 bits per heavy atom. The van der Waals surface area contributed by atoms with Crippen molar-refractivity contribution in [3.05, 3.63) is 106 Å². The van der Waals surface area contributed by atoms with E-state index in [2.05, 4.69) is 21.3 Å². The van der Waals surface area contributed by atoms with E-state index in [-0.39, 0.29) is 63.4 Å². The van der Waals surface area contributed by atoms with E-state index in [9.17, 15) is 38.7 Å². The Kier molecular flexibility index (Phi) is 16.6. The summed E-state index contributed by atoms with van der Waals surface area (Å²) in [6.45, 7) is 3.21. The number of amides is 6. The van der Waals surface area contributed by atoms with Crippen molar-refractivity contribution in [3.63, 3.8) is 0 Å². The highest BCUT2D eigenvalue weighted by Gasteiger charge is 2.30. The number of nitrogens with two attached hydrogens (primary N) is 1. The number of urea groups is 1. The number of hydrogen-bond donors (Lipinski definition) is 6. The maximum atomic E-state index is 15.4. The molecule has 1 aliphatic heterocycles.